The molecule has 41 heavy (non-hydrogen) atoms. The number of ether oxygens (including phenoxy) is 2. The van der Waals surface area contributed by atoms with Gasteiger partial charge in [-0.05, 0) is 87.4 Å². The summed E-state index contributed by atoms with van der Waals surface area (Å²) in [5, 5.41) is 9.24. The van der Waals surface area contributed by atoms with Crippen LogP contribution in [-0.2, 0) is 9.53 Å². The number of hydrogen-bond donors (Lipinski definition) is 1. The van der Waals surface area contributed by atoms with Crippen molar-refractivity contribution in [3.8, 4) is 11.4 Å². The lowest BCUT2D eigenvalue weighted by atomic mass is 9.96. The normalized spacial score (nSPS) is 15.0. The number of hydrogen-bond acceptors (Lipinski definition) is 7. The first-order valence-electron chi connectivity index (χ1n) is 13.0. The van der Waals surface area contributed by atoms with E-state index in [-0.39, 0.29) is 17.7 Å². The summed E-state index contributed by atoms with van der Waals surface area (Å²) in [4.78, 5) is 43.5. The number of thiazole rings is 1. The highest BCUT2D eigenvalue weighted by atomic mass is 32.1. The fourth-order valence-corrected chi connectivity index (χ4v) is 6.16. The molecule has 4 aromatic rings. The molecule has 0 bridgehead atoms. The van der Waals surface area contributed by atoms with Gasteiger partial charge in [-0.15, -0.1) is 0 Å². The van der Waals surface area contributed by atoms with Crippen molar-refractivity contribution < 1.29 is 24.2 Å². The molecule has 2 aromatic heterocycles. The Kier molecular flexibility index (Phi) is 7.51. The lowest BCUT2D eigenvalue weighted by Gasteiger charge is -2.24. The lowest BCUT2D eigenvalue weighted by molar-refractivity contribution is -0.139. The molecule has 3 heterocycles. The summed E-state index contributed by atoms with van der Waals surface area (Å²) in [6.07, 6.45) is 1.84. The first-order chi connectivity index (χ1) is 19.6. The van der Waals surface area contributed by atoms with Gasteiger partial charge < -0.3 is 19.1 Å². The van der Waals surface area contributed by atoms with Crippen molar-refractivity contribution >= 4 is 29.4 Å². The highest BCUT2D eigenvalue weighted by molar-refractivity contribution is 7.07. The maximum atomic E-state index is 14.0. The van der Waals surface area contributed by atoms with Crippen LogP contribution in [0.3, 0.4) is 0 Å². The topological polar surface area (TPSA) is 112 Å². The lowest BCUT2D eigenvalue weighted by Crippen LogP contribution is -2.39. The van der Waals surface area contributed by atoms with Gasteiger partial charge in [0, 0.05) is 17.1 Å². The SMILES string of the molecule is CCOC(=O)C1=C(C)N=c2sc(=Cc3cc(C)n(-c4ccc(C(=O)O)cc4)c3C)c(=O)n2[C@H]1c1ccc(OC)cc1. The maximum absolute atomic E-state index is 14.0. The number of allylic oxidation sites excluding steroid dienone is 1. The summed E-state index contributed by atoms with van der Waals surface area (Å²) in [5.74, 6) is -0.836. The van der Waals surface area contributed by atoms with Gasteiger partial charge in [-0.1, -0.05) is 23.5 Å². The molecular formula is C31H29N3O6S. The number of benzene rings is 2. The highest BCUT2D eigenvalue weighted by Gasteiger charge is 2.33. The van der Waals surface area contributed by atoms with Crippen molar-refractivity contribution in [2.45, 2.75) is 33.7 Å². The van der Waals surface area contributed by atoms with Crippen LogP contribution in [0.5, 0.6) is 5.75 Å². The largest absolute Gasteiger partial charge is 0.497 e. The molecule has 10 heteroatoms. The molecule has 1 N–H and O–H groups in total. The number of aryl methyl sites for hydroxylation is 1. The third kappa shape index (κ3) is 5.02. The Balaban J connectivity index is 1.65. The van der Waals surface area contributed by atoms with Crippen molar-refractivity contribution in [1.29, 1.82) is 0 Å². The summed E-state index contributed by atoms with van der Waals surface area (Å²) in [6, 6.07) is 15.2. The number of carboxylic acid groups (broad SMARTS) is 1. The average molecular weight is 572 g/mol. The Labute approximate surface area is 239 Å². The Hall–Kier alpha value is -4.70. The van der Waals surface area contributed by atoms with E-state index >= 15 is 0 Å². The van der Waals surface area contributed by atoms with Gasteiger partial charge in [0.15, 0.2) is 4.80 Å². The molecule has 0 fully saturated rings. The molecule has 0 saturated heterocycles. The van der Waals surface area contributed by atoms with Gasteiger partial charge in [-0.25, -0.2) is 14.6 Å². The number of esters is 1. The third-order valence-corrected chi connectivity index (χ3v) is 8.06. The number of aromatic carboxylic acids is 1. The van der Waals surface area contributed by atoms with Gasteiger partial charge in [-0.3, -0.25) is 9.36 Å². The van der Waals surface area contributed by atoms with Crippen LogP contribution in [0.4, 0.5) is 0 Å². The van der Waals surface area contributed by atoms with Gasteiger partial charge in [-0.2, -0.15) is 0 Å². The zero-order valence-corrected chi connectivity index (χ0v) is 24.1. The predicted molar refractivity (Wildman–Crippen MR) is 156 cm³/mol. The molecule has 0 amide bonds. The fourth-order valence-electron chi connectivity index (χ4n) is 5.12. The number of methoxy groups -OCH3 is 1. The molecule has 5 rings (SSSR count). The molecule has 0 unspecified atom stereocenters. The second kappa shape index (κ2) is 11.1. The van der Waals surface area contributed by atoms with Crippen LogP contribution in [0.15, 0.2) is 75.7 Å². The van der Waals surface area contributed by atoms with Gasteiger partial charge in [0.05, 0.1) is 41.1 Å². The molecule has 210 valence electrons. The number of carbonyl (C=O) groups excluding carboxylic acids is 1. The Morgan fingerprint density at radius 2 is 1.76 bits per heavy atom. The van der Waals surface area contributed by atoms with Crippen LogP contribution in [-0.4, -0.2) is 39.9 Å². The molecule has 1 atom stereocenters. The molecule has 1 aliphatic rings. The zero-order chi connectivity index (χ0) is 29.4. The molecule has 0 aliphatic carbocycles. The fraction of sp³-hybridized carbons (Fsp3) is 0.226. The van der Waals surface area contributed by atoms with Crippen LogP contribution >= 0.6 is 11.3 Å². The highest BCUT2D eigenvalue weighted by Crippen LogP contribution is 2.31. The summed E-state index contributed by atoms with van der Waals surface area (Å²) in [5.41, 5.74) is 4.99. The van der Waals surface area contributed by atoms with Gasteiger partial charge in [0.2, 0.25) is 0 Å². The molecule has 0 saturated carbocycles. The number of carbonyl (C=O) groups is 2. The van der Waals surface area contributed by atoms with Crippen LogP contribution in [0.1, 0.15) is 52.8 Å². The molecule has 2 aromatic carbocycles. The van der Waals surface area contributed by atoms with E-state index in [1.165, 1.54) is 11.3 Å². The van der Waals surface area contributed by atoms with Crippen molar-refractivity contribution in [2.75, 3.05) is 13.7 Å². The zero-order valence-electron chi connectivity index (χ0n) is 23.3. The van der Waals surface area contributed by atoms with Crippen molar-refractivity contribution in [3.63, 3.8) is 0 Å². The van der Waals surface area contributed by atoms with Crippen molar-refractivity contribution in [3.05, 3.63) is 114 Å². The van der Waals surface area contributed by atoms with Crippen LogP contribution in [0.2, 0.25) is 0 Å². The number of fused-ring (bicyclic) bond motifs is 1. The molecule has 0 radical (unpaired) electrons. The molecule has 9 nitrogen and oxygen atoms in total. The van der Waals surface area contributed by atoms with E-state index in [0.717, 1.165) is 28.2 Å². The summed E-state index contributed by atoms with van der Waals surface area (Å²) >= 11 is 1.26. The Bertz CT molecular complexity index is 1880. The van der Waals surface area contributed by atoms with Crippen LogP contribution < -0.4 is 19.6 Å². The molecule has 1 aliphatic heterocycles. The maximum Gasteiger partial charge on any atom is 0.338 e. The first-order valence-corrected chi connectivity index (χ1v) is 13.8. The van der Waals surface area contributed by atoms with E-state index < -0.39 is 18.0 Å². The first kappa shape index (κ1) is 27.9. The van der Waals surface area contributed by atoms with E-state index in [0.29, 0.717) is 26.4 Å². The predicted octanol–water partition coefficient (Wildman–Crippen LogP) is 3.91. The Morgan fingerprint density at radius 3 is 2.37 bits per heavy atom. The quantitative estimate of drug-likeness (QED) is 0.337. The second-order valence-corrected chi connectivity index (χ2v) is 10.6. The van der Waals surface area contributed by atoms with E-state index in [2.05, 4.69) is 4.99 Å². The number of carboxylic acids is 1. The van der Waals surface area contributed by atoms with E-state index in [1.807, 2.05) is 42.7 Å². The Morgan fingerprint density at radius 1 is 1.07 bits per heavy atom. The van der Waals surface area contributed by atoms with Crippen molar-refractivity contribution in [1.82, 2.24) is 9.13 Å². The number of nitrogens with zero attached hydrogens (tertiary/aromatic N) is 3. The minimum atomic E-state index is -0.983. The monoisotopic (exact) mass is 571 g/mol. The number of aromatic nitrogens is 2. The van der Waals surface area contributed by atoms with Gasteiger partial charge >= 0.3 is 11.9 Å². The van der Waals surface area contributed by atoms with Crippen LogP contribution in [0, 0.1) is 13.8 Å². The van der Waals surface area contributed by atoms with Gasteiger partial charge in [0.1, 0.15) is 5.75 Å². The standard InChI is InChI=1S/C31H29N3O6S/c1-6-40-30(38)26-18(3)32-31-34(27(26)20-9-13-24(39-5)14-10-20)28(35)25(41-31)16-22-15-17(2)33(19(22)4)23-11-7-21(8-12-23)29(36)37/h7-16,27H,6H2,1-5H3,(H,36,37)/t27-/m0/s1. The molecular weight excluding hydrogens is 542 g/mol. The molecule has 0 spiro atoms. The van der Waals surface area contributed by atoms with E-state index in [1.54, 1.807) is 61.9 Å². The van der Waals surface area contributed by atoms with Gasteiger partial charge in [0.25, 0.3) is 5.56 Å². The third-order valence-electron chi connectivity index (χ3n) is 7.08. The second-order valence-electron chi connectivity index (χ2n) is 9.59. The average Bonchev–Trinajstić information content (AvgIpc) is 3.41. The minimum Gasteiger partial charge on any atom is -0.497 e. The summed E-state index contributed by atoms with van der Waals surface area (Å²) < 4.78 is 14.7. The minimum absolute atomic E-state index is 0.198. The summed E-state index contributed by atoms with van der Waals surface area (Å²) in [7, 11) is 1.58. The van der Waals surface area contributed by atoms with E-state index in [4.69, 9.17) is 9.47 Å². The van der Waals surface area contributed by atoms with E-state index in [9.17, 15) is 19.5 Å². The summed E-state index contributed by atoms with van der Waals surface area (Å²) in [6.45, 7) is 7.59. The van der Waals surface area contributed by atoms with Crippen LogP contribution in [0.25, 0.3) is 11.8 Å². The van der Waals surface area contributed by atoms with Crippen molar-refractivity contribution in [2.24, 2.45) is 4.99 Å². The smallest absolute Gasteiger partial charge is 0.338 e. The number of rotatable bonds is 7.